The van der Waals surface area contributed by atoms with Gasteiger partial charge in [0.05, 0.1) is 12.3 Å². The molecule has 88 valence electrons. The number of aliphatic hydroxyl groups is 1. The van der Waals surface area contributed by atoms with Gasteiger partial charge in [0.2, 0.25) is 0 Å². The third-order valence-electron chi connectivity index (χ3n) is 2.49. The van der Waals surface area contributed by atoms with Crippen molar-refractivity contribution in [3.05, 3.63) is 59.4 Å². The standard InChI is InChI=1S/C14H15NO2/c1-11-5-6-14(12(8-11)9-16)17-10-13-4-2-3-7-15-13/h2-8,16H,9-10H2,1H3. The Kier molecular flexibility index (Phi) is 3.73. The number of ether oxygens (including phenoxy) is 1. The lowest BCUT2D eigenvalue weighted by Gasteiger charge is -2.10. The second-order valence-electron chi connectivity index (χ2n) is 3.88. The lowest BCUT2D eigenvalue weighted by atomic mass is 10.1. The Morgan fingerprint density at radius 3 is 2.82 bits per heavy atom. The van der Waals surface area contributed by atoms with Crippen molar-refractivity contribution < 1.29 is 9.84 Å². The molecule has 1 N–H and O–H groups in total. The maximum absolute atomic E-state index is 9.24. The number of aryl methyl sites for hydroxylation is 1. The van der Waals surface area contributed by atoms with Crippen LogP contribution in [0.1, 0.15) is 16.8 Å². The van der Waals surface area contributed by atoms with Crippen molar-refractivity contribution in [3.63, 3.8) is 0 Å². The molecular weight excluding hydrogens is 214 g/mol. The van der Waals surface area contributed by atoms with Gasteiger partial charge in [-0.1, -0.05) is 23.8 Å². The Morgan fingerprint density at radius 1 is 1.24 bits per heavy atom. The molecule has 3 nitrogen and oxygen atoms in total. The second-order valence-corrected chi connectivity index (χ2v) is 3.88. The highest BCUT2D eigenvalue weighted by molar-refractivity contribution is 5.36. The van der Waals surface area contributed by atoms with Crippen molar-refractivity contribution in [2.24, 2.45) is 0 Å². The highest BCUT2D eigenvalue weighted by Crippen LogP contribution is 2.20. The Morgan fingerprint density at radius 2 is 2.12 bits per heavy atom. The molecule has 3 heteroatoms. The van der Waals surface area contributed by atoms with Crippen molar-refractivity contribution in [1.82, 2.24) is 4.98 Å². The largest absolute Gasteiger partial charge is 0.487 e. The number of benzene rings is 1. The Bertz CT molecular complexity index is 483. The molecule has 0 radical (unpaired) electrons. The zero-order valence-electron chi connectivity index (χ0n) is 9.76. The van der Waals surface area contributed by atoms with Gasteiger partial charge in [-0.05, 0) is 25.1 Å². The van der Waals surface area contributed by atoms with Gasteiger partial charge >= 0.3 is 0 Å². The van der Waals surface area contributed by atoms with Crippen LogP contribution in [0.25, 0.3) is 0 Å². The summed E-state index contributed by atoms with van der Waals surface area (Å²) in [6.07, 6.45) is 1.74. The molecule has 1 heterocycles. The molecule has 0 bridgehead atoms. The van der Waals surface area contributed by atoms with Crippen molar-refractivity contribution >= 4 is 0 Å². The first-order chi connectivity index (χ1) is 8.29. The molecule has 0 aliphatic carbocycles. The van der Waals surface area contributed by atoms with Gasteiger partial charge in [-0.25, -0.2) is 0 Å². The summed E-state index contributed by atoms with van der Waals surface area (Å²) in [6, 6.07) is 11.5. The van der Waals surface area contributed by atoms with E-state index < -0.39 is 0 Å². The monoisotopic (exact) mass is 229 g/mol. The summed E-state index contributed by atoms with van der Waals surface area (Å²) in [5.74, 6) is 0.712. The second kappa shape index (κ2) is 5.46. The fraction of sp³-hybridized carbons (Fsp3) is 0.214. The van der Waals surface area contributed by atoms with Gasteiger partial charge in [0.25, 0.3) is 0 Å². The summed E-state index contributed by atoms with van der Waals surface area (Å²) < 4.78 is 5.65. The molecule has 0 fully saturated rings. The summed E-state index contributed by atoms with van der Waals surface area (Å²) in [5, 5.41) is 9.24. The average molecular weight is 229 g/mol. The molecule has 2 rings (SSSR count). The van der Waals surface area contributed by atoms with Crippen LogP contribution in [-0.4, -0.2) is 10.1 Å². The molecule has 0 aliphatic rings. The first kappa shape index (κ1) is 11.6. The van der Waals surface area contributed by atoms with Crippen molar-refractivity contribution in [2.75, 3.05) is 0 Å². The van der Waals surface area contributed by atoms with Gasteiger partial charge in [-0.15, -0.1) is 0 Å². The third kappa shape index (κ3) is 3.04. The molecular formula is C14H15NO2. The Balaban J connectivity index is 2.09. The quantitative estimate of drug-likeness (QED) is 0.875. The number of aliphatic hydroxyl groups excluding tert-OH is 1. The number of hydrogen-bond donors (Lipinski definition) is 1. The van der Waals surface area contributed by atoms with E-state index in [-0.39, 0.29) is 6.61 Å². The zero-order chi connectivity index (χ0) is 12.1. The summed E-state index contributed by atoms with van der Waals surface area (Å²) >= 11 is 0. The van der Waals surface area contributed by atoms with Crippen molar-refractivity contribution in [3.8, 4) is 5.75 Å². The van der Waals surface area contributed by atoms with E-state index in [2.05, 4.69) is 4.98 Å². The van der Waals surface area contributed by atoms with Crippen LogP contribution in [-0.2, 0) is 13.2 Å². The molecule has 17 heavy (non-hydrogen) atoms. The van der Waals surface area contributed by atoms with E-state index in [1.165, 1.54) is 0 Å². The lowest BCUT2D eigenvalue weighted by molar-refractivity contribution is 0.257. The van der Waals surface area contributed by atoms with Crippen molar-refractivity contribution in [1.29, 1.82) is 0 Å². The predicted octanol–water partition coefficient (Wildman–Crippen LogP) is 2.46. The van der Waals surface area contributed by atoms with E-state index in [0.717, 1.165) is 16.8 Å². The first-order valence-corrected chi connectivity index (χ1v) is 5.52. The molecule has 2 aromatic rings. The van der Waals surface area contributed by atoms with Crippen LogP contribution in [0, 0.1) is 6.92 Å². The lowest BCUT2D eigenvalue weighted by Crippen LogP contribution is -2.00. The number of nitrogens with zero attached hydrogens (tertiary/aromatic N) is 1. The predicted molar refractivity (Wildman–Crippen MR) is 65.7 cm³/mol. The van der Waals surface area contributed by atoms with Crippen LogP contribution in [0.4, 0.5) is 0 Å². The van der Waals surface area contributed by atoms with Gasteiger partial charge in [0.1, 0.15) is 12.4 Å². The highest BCUT2D eigenvalue weighted by Gasteiger charge is 2.03. The van der Waals surface area contributed by atoms with E-state index in [1.54, 1.807) is 6.20 Å². The van der Waals surface area contributed by atoms with E-state index >= 15 is 0 Å². The van der Waals surface area contributed by atoms with Crippen molar-refractivity contribution in [2.45, 2.75) is 20.1 Å². The van der Waals surface area contributed by atoms with Crippen LogP contribution in [0.15, 0.2) is 42.6 Å². The molecule has 1 aromatic heterocycles. The number of aromatic nitrogens is 1. The van der Waals surface area contributed by atoms with Gasteiger partial charge in [-0.3, -0.25) is 4.98 Å². The smallest absolute Gasteiger partial charge is 0.130 e. The Labute approximate surface area is 101 Å². The van der Waals surface area contributed by atoms with Gasteiger partial charge in [-0.2, -0.15) is 0 Å². The van der Waals surface area contributed by atoms with E-state index in [1.807, 2.05) is 43.3 Å². The van der Waals surface area contributed by atoms with Crippen LogP contribution in [0.2, 0.25) is 0 Å². The van der Waals surface area contributed by atoms with Crippen LogP contribution >= 0.6 is 0 Å². The van der Waals surface area contributed by atoms with E-state index in [0.29, 0.717) is 12.4 Å². The molecule has 0 saturated carbocycles. The zero-order valence-corrected chi connectivity index (χ0v) is 9.76. The summed E-state index contributed by atoms with van der Waals surface area (Å²) in [7, 11) is 0. The highest BCUT2D eigenvalue weighted by atomic mass is 16.5. The van der Waals surface area contributed by atoms with E-state index in [4.69, 9.17) is 4.74 Å². The van der Waals surface area contributed by atoms with Crippen LogP contribution in [0.3, 0.4) is 0 Å². The summed E-state index contributed by atoms with van der Waals surface area (Å²) in [5.41, 5.74) is 2.79. The maximum Gasteiger partial charge on any atom is 0.130 e. The fourth-order valence-electron chi connectivity index (χ4n) is 1.61. The van der Waals surface area contributed by atoms with Gasteiger partial charge in [0.15, 0.2) is 0 Å². The molecule has 0 amide bonds. The fourth-order valence-corrected chi connectivity index (χ4v) is 1.61. The molecule has 0 aliphatic heterocycles. The summed E-state index contributed by atoms with van der Waals surface area (Å²) in [4.78, 5) is 4.18. The molecule has 0 spiro atoms. The SMILES string of the molecule is Cc1ccc(OCc2ccccn2)c(CO)c1. The van der Waals surface area contributed by atoms with Gasteiger partial charge < -0.3 is 9.84 Å². The third-order valence-corrected chi connectivity index (χ3v) is 2.49. The minimum atomic E-state index is -0.0147. The number of pyridine rings is 1. The normalized spacial score (nSPS) is 10.2. The molecule has 1 aromatic carbocycles. The van der Waals surface area contributed by atoms with Gasteiger partial charge in [0, 0.05) is 11.8 Å². The minimum Gasteiger partial charge on any atom is -0.487 e. The maximum atomic E-state index is 9.24. The average Bonchev–Trinajstić information content (AvgIpc) is 2.38. The Hall–Kier alpha value is -1.87. The van der Waals surface area contributed by atoms with Crippen LogP contribution in [0.5, 0.6) is 5.75 Å². The number of hydrogen-bond acceptors (Lipinski definition) is 3. The molecule has 0 unspecified atom stereocenters. The molecule has 0 saturated heterocycles. The topological polar surface area (TPSA) is 42.4 Å². The summed E-state index contributed by atoms with van der Waals surface area (Å²) in [6.45, 7) is 2.39. The van der Waals surface area contributed by atoms with Crippen LogP contribution < -0.4 is 4.74 Å². The minimum absolute atomic E-state index is 0.0147. The molecule has 0 atom stereocenters. The first-order valence-electron chi connectivity index (χ1n) is 5.52. The van der Waals surface area contributed by atoms with E-state index in [9.17, 15) is 5.11 Å². The number of rotatable bonds is 4.